The molecule has 2 aromatic rings. The van der Waals surface area contributed by atoms with Crippen molar-refractivity contribution < 1.29 is 13.2 Å². The number of nitrogens with zero attached hydrogens (tertiary/aromatic N) is 2. The second kappa shape index (κ2) is 8.07. The van der Waals surface area contributed by atoms with Crippen LogP contribution >= 0.6 is 12.2 Å². The molecule has 0 unspecified atom stereocenters. The van der Waals surface area contributed by atoms with E-state index in [1.807, 2.05) is 13.8 Å². The zero-order valence-electron chi connectivity index (χ0n) is 15.2. The van der Waals surface area contributed by atoms with Gasteiger partial charge in [0.05, 0.1) is 29.2 Å². The topological polar surface area (TPSA) is 41.9 Å². The maximum absolute atomic E-state index is 12.9. The first-order valence-corrected chi connectivity index (χ1v) is 8.73. The quantitative estimate of drug-likeness (QED) is 0.745. The Labute approximate surface area is 156 Å². The van der Waals surface area contributed by atoms with Gasteiger partial charge in [0.2, 0.25) is 0 Å². The Bertz CT molecular complexity index is 781. The molecule has 1 aromatic carbocycles. The van der Waals surface area contributed by atoms with E-state index in [-0.39, 0.29) is 6.54 Å². The van der Waals surface area contributed by atoms with Gasteiger partial charge in [-0.3, -0.25) is 4.68 Å². The minimum Gasteiger partial charge on any atom is -0.362 e. The molecule has 0 atom stereocenters. The Morgan fingerprint density at radius 1 is 1.27 bits per heavy atom. The number of nitrogens with one attached hydrogen (secondary N) is 2. The van der Waals surface area contributed by atoms with Gasteiger partial charge >= 0.3 is 6.18 Å². The normalized spacial score (nSPS) is 11.7. The summed E-state index contributed by atoms with van der Waals surface area (Å²) in [5.41, 5.74) is 2.21. The van der Waals surface area contributed by atoms with Gasteiger partial charge in [0, 0.05) is 6.54 Å². The van der Waals surface area contributed by atoms with Crippen LogP contribution in [0.3, 0.4) is 0 Å². The van der Waals surface area contributed by atoms with Gasteiger partial charge in [-0.15, -0.1) is 0 Å². The highest BCUT2D eigenvalue weighted by Gasteiger charge is 2.30. The van der Waals surface area contributed by atoms with Crippen molar-refractivity contribution in [2.75, 3.05) is 11.9 Å². The van der Waals surface area contributed by atoms with Crippen LogP contribution < -0.4 is 10.6 Å². The molecule has 0 spiro atoms. The smallest absolute Gasteiger partial charge is 0.362 e. The van der Waals surface area contributed by atoms with Crippen molar-refractivity contribution >= 4 is 23.0 Å². The first-order chi connectivity index (χ1) is 12.1. The molecule has 0 radical (unpaired) electrons. The van der Waals surface area contributed by atoms with Crippen molar-refractivity contribution in [3.05, 3.63) is 46.8 Å². The van der Waals surface area contributed by atoms with Crippen LogP contribution in [0.25, 0.3) is 0 Å². The van der Waals surface area contributed by atoms with Gasteiger partial charge in [-0.2, -0.15) is 18.3 Å². The van der Waals surface area contributed by atoms with Gasteiger partial charge in [0.1, 0.15) is 0 Å². The lowest BCUT2D eigenvalue weighted by Gasteiger charge is -2.13. The summed E-state index contributed by atoms with van der Waals surface area (Å²) in [5.74, 6) is 0.459. The van der Waals surface area contributed by atoms with Crippen LogP contribution in [0.1, 0.15) is 36.4 Å². The average molecular weight is 384 g/mol. The largest absolute Gasteiger partial charge is 0.416 e. The van der Waals surface area contributed by atoms with E-state index >= 15 is 0 Å². The number of benzene rings is 1. The molecule has 0 saturated heterocycles. The predicted molar refractivity (Wildman–Crippen MR) is 101 cm³/mol. The van der Waals surface area contributed by atoms with Gasteiger partial charge in [-0.05, 0) is 49.7 Å². The number of thiocarbonyl (C=S) groups is 1. The molecule has 142 valence electrons. The highest BCUT2D eigenvalue weighted by molar-refractivity contribution is 7.80. The van der Waals surface area contributed by atoms with Crippen molar-refractivity contribution in [2.24, 2.45) is 5.92 Å². The number of anilines is 1. The SMILES string of the molecule is Cc1nn(Cc2cccc(C(F)(F)F)c2)c(C)c1NC(=S)NCC(C)C. The second-order valence-electron chi connectivity index (χ2n) is 6.63. The van der Waals surface area contributed by atoms with Crippen LogP contribution in [0.2, 0.25) is 0 Å². The van der Waals surface area contributed by atoms with Crippen molar-refractivity contribution in [3.63, 3.8) is 0 Å². The summed E-state index contributed by atoms with van der Waals surface area (Å²) in [5, 5.41) is 11.2. The van der Waals surface area contributed by atoms with E-state index in [2.05, 4.69) is 29.6 Å². The molecule has 26 heavy (non-hydrogen) atoms. The monoisotopic (exact) mass is 384 g/mol. The number of alkyl halides is 3. The van der Waals surface area contributed by atoms with Crippen LogP contribution in [-0.2, 0) is 12.7 Å². The number of rotatable bonds is 5. The van der Waals surface area contributed by atoms with Crippen LogP contribution in [-0.4, -0.2) is 21.4 Å². The van der Waals surface area contributed by atoms with Crippen LogP contribution in [0.4, 0.5) is 18.9 Å². The standard InChI is InChI=1S/C18H23F3N4S/c1-11(2)9-22-17(26)23-16-12(3)24-25(13(16)4)10-14-6-5-7-15(8-14)18(19,20)21/h5-8,11H,9-10H2,1-4H3,(H2,22,23,26). The molecule has 0 aliphatic heterocycles. The lowest BCUT2D eigenvalue weighted by Crippen LogP contribution is -2.31. The van der Waals surface area contributed by atoms with E-state index in [0.717, 1.165) is 35.8 Å². The zero-order chi connectivity index (χ0) is 19.5. The molecule has 4 nitrogen and oxygen atoms in total. The molecule has 2 rings (SSSR count). The van der Waals surface area contributed by atoms with Crippen molar-refractivity contribution in [1.82, 2.24) is 15.1 Å². The minimum atomic E-state index is -4.36. The van der Waals surface area contributed by atoms with Gasteiger partial charge in [-0.25, -0.2) is 0 Å². The summed E-state index contributed by atoms with van der Waals surface area (Å²) in [6, 6.07) is 5.29. The zero-order valence-corrected chi connectivity index (χ0v) is 16.1. The number of hydrogen-bond acceptors (Lipinski definition) is 2. The average Bonchev–Trinajstić information content (AvgIpc) is 2.80. The molecule has 8 heteroatoms. The molecule has 0 aliphatic rings. The van der Waals surface area contributed by atoms with E-state index < -0.39 is 11.7 Å². The van der Waals surface area contributed by atoms with Crippen LogP contribution in [0.5, 0.6) is 0 Å². The molecule has 0 saturated carbocycles. The Kier molecular flexibility index (Phi) is 6.28. The van der Waals surface area contributed by atoms with Crippen molar-refractivity contribution in [3.8, 4) is 0 Å². The lowest BCUT2D eigenvalue weighted by molar-refractivity contribution is -0.137. The molecular weight excluding hydrogens is 361 g/mol. The fourth-order valence-corrected chi connectivity index (χ4v) is 2.69. The highest BCUT2D eigenvalue weighted by Crippen LogP contribution is 2.30. The molecule has 0 amide bonds. The van der Waals surface area contributed by atoms with Crippen molar-refractivity contribution in [1.29, 1.82) is 0 Å². The molecule has 2 N–H and O–H groups in total. The Hall–Kier alpha value is -2.09. The van der Waals surface area contributed by atoms with Crippen LogP contribution in [0, 0.1) is 19.8 Å². The molecule has 0 fully saturated rings. The molecule has 0 aliphatic carbocycles. The van der Waals surface area contributed by atoms with Crippen molar-refractivity contribution in [2.45, 2.75) is 40.4 Å². The highest BCUT2D eigenvalue weighted by atomic mass is 32.1. The summed E-state index contributed by atoms with van der Waals surface area (Å²) in [4.78, 5) is 0. The third-order valence-corrected chi connectivity index (χ3v) is 4.12. The minimum absolute atomic E-state index is 0.254. The summed E-state index contributed by atoms with van der Waals surface area (Å²) in [7, 11) is 0. The third-order valence-electron chi connectivity index (χ3n) is 3.88. The first kappa shape index (κ1) is 20.2. The first-order valence-electron chi connectivity index (χ1n) is 8.33. The molecule has 0 bridgehead atoms. The van der Waals surface area contributed by atoms with E-state index in [4.69, 9.17) is 12.2 Å². The van der Waals surface area contributed by atoms with Crippen LogP contribution in [0.15, 0.2) is 24.3 Å². The van der Waals surface area contributed by atoms with Gasteiger partial charge in [-0.1, -0.05) is 26.0 Å². The fraction of sp³-hybridized carbons (Fsp3) is 0.444. The Balaban J connectivity index is 2.16. The fourth-order valence-electron chi connectivity index (χ4n) is 2.51. The van der Waals surface area contributed by atoms with E-state index in [9.17, 15) is 13.2 Å². The number of aromatic nitrogens is 2. The lowest BCUT2D eigenvalue weighted by atomic mass is 10.1. The summed E-state index contributed by atoms with van der Waals surface area (Å²) >= 11 is 5.29. The van der Waals surface area contributed by atoms with E-state index in [1.165, 1.54) is 6.07 Å². The maximum atomic E-state index is 12.9. The van der Waals surface area contributed by atoms with Gasteiger partial charge in [0.15, 0.2) is 5.11 Å². The van der Waals surface area contributed by atoms with Gasteiger partial charge in [0.25, 0.3) is 0 Å². The van der Waals surface area contributed by atoms with E-state index in [0.29, 0.717) is 16.6 Å². The molecular formula is C18H23F3N4S. The number of aryl methyl sites for hydroxylation is 1. The summed E-state index contributed by atoms with van der Waals surface area (Å²) in [6.45, 7) is 8.87. The number of hydrogen-bond donors (Lipinski definition) is 2. The molecule has 1 heterocycles. The maximum Gasteiger partial charge on any atom is 0.416 e. The molecule has 1 aromatic heterocycles. The second-order valence-corrected chi connectivity index (χ2v) is 7.04. The Morgan fingerprint density at radius 3 is 2.58 bits per heavy atom. The Morgan fingerprint density at radius 2 is 1.96 bits per heavy atom. The summed E-state index contributed by atoms with van der Waals surface area (Å²) < 4.78 is 40.3. The number of halogens is 3. The van der Waals surface area contributed by atoms with E-state index in [1.54, 1.807) is 10.7 Å². The third kappa shape index (κ3) is 5.20. The predicted octanol–water partition coefficient (Wildman–Crippen LogP) is 4.51. The van der Waals surface area contributed by atoms with Gasteiger partial charge < -0.3 is 10.6 Å². The summed E-state index contributed by atoms with van der Waals surface area (Å²) in [6.07, 6.45) is -4.36.